The normalized spacial score (nSPS) is 15.7. The summed E-state index contributed by atoms with van der Waals surface area (Å²) in [5, 5.41) is 0.926. The third kappa shape index (κ3) is 5.28. The molecule has 0 aromatic heterocycles. The highest BCUT2D eigenvalue weighted by molar-refractivity contribution is 9.10. The molecule has 0 fully saturated rings. The monoisotopic (exact) mass is 566 g/mol. The minimum Gasteiger partial charge on any atom is -0.308 e. The molecule has 33 heavy (non-hydrogen) atoms. The van der Waals surface area contributed by atoms with Gasteiger partial charge >= 0.3 is 0 Å². The Labute approximate surface area is 212 Å². The van der Waals surface area contributed by atoms with Gasteiger partial charge in [-0.1, -0.05) is 51.3 Å². The number of anilines is 1. The number of fused-ring (bicyclic) bond motifs is 1. The number of amides is 1. The van der Waals surface area contributed by atoms with Crippen LogP contribution in [0, 0.1) is 0 Å². The van der Waals surface area contributed by atoms with Crippen molar-refractivity contribution in [3.8, 4) is 0 Å². The van der Waals surface area contributed by atoms with E-state index in [9.17, 15) is 13.2 Å². The van der Waals surface area contributed by atoms with Gasteiger partial charge in [-0.15, -0.1) is 0 Å². The van der Waals surface area contributed by atoms with E-state index in [1.807, 2.05) is 25.1 Å². The van der Waals surface area contributed by atoms with Gasteiger partial charge in [-0.25, -0.2) is 8.42 Å². The summed E-state index contributed by atoms with van der Waals surface area (Å²) < 4.78 is 29.2. The highest BCUT2D eigenvalue weighted by Gasteiger charge is 2.34. The summed E-state index contributed by atoms with van der Waals surface area (Å²) in [4.78, 5) is 15.2. The number of benzene rings is 3. The van der Waals surface area contributed by atoms with Gasteiger partial charge in [0.15, 0.2) is 0 Å². The van der Waals surface area contributed by atoms with Crippen LogP contribution in [0.25, 0.3) is 0 Å². The van der Waals surface area contributed by atoms with Crippen LogP contribution in [-0.2, 0) is 27.8 Å². The Kier molecular flexibility index (Phi) is 7.17. The largest absolute Gasteiger partial charge is 0.308 e. The zero-order valence-electron chi connectivity index (χ0n) is 17.7. The molecule has 4 rings (SSSR count). The standard InChI is InChI=1S/C24H21BrCl2N2O3S/c1-16-11-18-13-19(25)5-10-23(18)29(16)24(30)15-28(14-17-3-2-4-21(27)12-17)33(31,32)22-8-6-20(26)7-9-22/h2-10,12-13,16H,11,14-15H2,1H3/t16-/m1/s1. The lowest BCUT2D eigenvalue weighted by Crippen LogP contribution is -2.44. The molecular weight excluding hydrogens is 547 g/mol. The predicted octanol–water partition coefficient (Wildman–Crippen LogP) is 5.92. The molecule has 0 saturated heterocycles. The van der Waals surface area contributed by atoms with Gasteiger partial charge in [0.1, 0.15) is 0 Å². The fourth-order valence-corrected chi connectivity index (χ4v) is 6.15. The molecule has 1 heterocycles. The third-order valence-electron chi connectivity index (χ3n) is 5.54. The zero-order chi connectivity index (χ0) is 23.8. The van der Waals surface area contributed by atoms with E-state index in [-0.39, 0.29) is 29.9 Å². The molecule has 0 aliphatic carbocycles. The van der Waals surface area contributed by atoms with Crippen molar-refractivity contribution >= 4 is 60.7 Å². The molecule has 1 atom stereocenters. The number of hydrogen-bond donors (Lipinski definition) is 0. The predicted molar refractivity (Wildman–Crippen MR) is 135 cm³/mol. The molecule has 0 unspecified atom stereocenters. The first-order valence-corrected chi connectivity index (χ1v) is 13.2. The van der Waals surface area contributed by atoms with Crippen LogP contribution in [0.3, 0.4) is 0 Å². The molecule has 0 N–H and O–H groups in total. The Morgan fingerprint density at radius 2 is 1.79 bits per heavy atom. The number of carbonyl (C=O) groups is 1. The van der Waals surface area contributed by atoms with Gasteiger partial charge in [0.05, 0.1) is 11.4 Å². The maximum absolute atomic E-state index is 13.5. The molecule has 0 spiro atoms. The number of nitrogens with zero attached hydrogens (tertiary/aromatic N) is 2. The van der Waals surface area contributed by atoms with Gasteiger partial charge < -0.3 is 4.90 Å². The van der Waals surface area contributed by atoms with Gasteiger partial charge in [0, 0.05) is 32.8 Å². The number of halogens is 3. The Morgan fingerprint density at radius 1 is 1.06 bits per heavy atom. The lowest BCUT2D eigenvalue weighted by Gasteiger charge is -2.27. The summed E-state index contributed by atoms with van der Waals surface area (Å²) in [7, 11) is -3.98. The molecule has 5 nitrogen and oxygen atoms in total. The molecule has 0 radical (unpaired) electrons. The van der Waals surface area contributed by atoms with Crippen LogP contribution in [0.15, 0.2) is 76.1 Å². The number of sulfonamides is 1. The van der Waals surface area contributed by atoms with E-state index in [1.54, 1.807) is 29.2 Å². The Balaban J connectivity index is 1.68. The molecule has 3 aromatic carbocycles. The van der Waals surface area contributed by atoms with Gasteiger partial charge in [-0.2, -0.15) is 4.31 Å². The first-order valence-electron chi connectivity index (χ1n) is 10.3. The minimum absolute atomic E-state index is 0.00662. The SMILES string of the molecule is C[C@@H]1Cc2cc(Br)ccc2N1C(=O)CN(Cc1cccc(Cl)c1)S(=O)(=O)c1ccc(Cl)cc1. The summed E-state index contributed by atoms with van der Waals surface area (Å²) in [5.74, 6) is -0.289. The Hall–Kier alpha value is -1.90. The molecule has 0 bridgehead atoms. The molecule has 3 aromatic rings. The van der Waals surface area contributed by atoms with Crippen LogP contribution in [0.1, 0.15) is 18.1 Å². The second kappa shape index (κ2) is 9.76. The van der Waals surface area contributed by atoms with Crippen LogP contribution in [0.4, 0.5) is 5.69 Å². The Bertz CT molecular complexity index is 1300. The van der Waals surface area contributed by atoms with Crippen LogP contribution >= 0.6 is 39.1 Å². The molecule has 1 aliphatic heterocycles. The number of carbonyl (C=O) groups excluding carboxylic acids is 1. The zero-order valence-corrected chi connectivity index (χ0v) is 21.6. The number of hydrogen-bond acceptors (Lipinski definition) is 3. The first kappa shape index (κ1) is 24.2. The van der Waals surface area contributed by atoms with Crippen LogP contribution in [0.2, 0.25) is 10.0 Å². The van der Waals surface area contributed by atoms with Gasteiger partial charge in [-0.3, -0.25) is 4.79 Å². The second-order valence-electron chi connectivity index (χ2n) is 7.95. The van der Waals surface area contributed by atoms with E-state index in [0.717, 1.165) is 15.7 Å². The smallest absolute Gasteiger partial charge is 0.243 e. The quantitative estimate of drug-likeness (QED) is 0.371. The van der Waals surface area contributed by atoms with E-state index in [4.69, 9.17) is 23.2 Å². The topological polar surface area (TPSA) is 57.7 Å². The fourth-order valence-electron chi connectivity index (χ4n) is 4.03. The van der Waals surface area contributed by atoms with Crippen molar-refractivity contribution in [2.24, 2.45) is 0 Å². The lowest BCUT2D eigenvalue weighted by molar-refractivity contribution is -0.119. The first-order chi connectivity index (χ1) is 15.6. The third-order valence-corrected chi connectivity index (χ3v) is 8.32. The van der Waals surface area contributed by atoms with Crippen LogP contribution < -0.4 is 4.90 Å². The van der Waals surface area contributed by atoms with Crippen molar-refractivity contribution in [2.75, 3.05) is 11.4 Å². The van der Waals surface area contributed by atoms with Crippen molar-refractivity contribution in [2.45, 2.75) is 30.8 Å². The van der Waals surface area contributed by atoms with E-state index in [0.29, 0.717) is 22.0 Å². The summed E-state index contributed by atoms with van der Waals surface area (Å²) in [6, 6.07) is 18.6. The highest BCUT2D eigenvalue weighted by Crippen LogP contribution is 2.34. The molecule has 172 valence electrons. The van der Waals surface area contributed by atoms with E-state index < -0.39 is 10.0 Å². The van der Waals surface area contributed by atoms with Crippen molar-refractivity contribution in [3.05, 3.63) is 92.4 Å². The van der Waals surface area contributed by atoms with Crippen molar-refractivity contribution in [1.82, 2.24) is 4.31 Å². The molecule has 9 heteroatoms. The lowest BCUT2D eigenvalue weighted by atomic mass is 10.1. The average Bonchev–Trinajstić information content (AvgIpc) is 3.08. The van der Waals surface area contributed by atoms with E-state index in [2.05, 4.69) is 15.9 Å². The van der Waals surface area contributed by atoms with Gasteiger partial charge in [0.25, 0.3) is 0 Å². The fraction of sp³-hybridized carbons (Fsp3) is 0.208. The van der Waals surface area contributed by atoms with Crippen molar-refractivity contribution < 1.29 is 13.2 Å². The molecule has 1 amide bonds. The van der Waals surface area contributed by atoms with Crippen molar-refractivity contribution in [3.63, 3.8) is 0 Å². The second-order valence-corrected chi connectivity index (χ2v) is 11.7. The Morgan fingerprint density at radius 3 is 2.48 bits per heavy atom. The summed E-state index contributed by atoms with van der Waals surface area (Å²) in [5.41, 5.74) is 2.54. The van der Waals surface area contributed by atoms with E-state index in [1.165, 1.54) is 28.6 Å². The molecule has 0 saturated carbocycles. The average molecular weight is 568 g/mol. The highest BCUT2D eigenvalue weighted by atomic mass is 79.9. The van der Waals surface area contributed by atoms with Gasteiger partial charge in [0.2, 0.25) is 15.9 Å². The van der Waals surface area contributed by atoms with E-state index >= 15 is 0 Å². The summed E-state index contributed by atoms with van der Waals surface area (Å²) in [6.45, 7) is 1.66. The van der Waals surface area contributed by atoms with Crippen LogP contribution in [0.5, 0.6) is 0 Å². The molecule has 1 aliphatic rings. The van der Waals surface area contributed by atoms with Crippen molar-refractivity contribution in [1.29, 1.82) is 0 Å². The number of rotatable bonds is 6. The summed E-state index contributed by atoms with van der Waals surface area (Å²) >= 11 is 15.5. The minimum atomic E-state index is -3.98. The van der Waals surface area contributed by atoms with Gasteiger partial charge in [-0.05, 0) is 79.1 Å². The van der Waals surface area contributed by atoms with Crippen LogP contribution in [-0.4, -0.2) is 31.2 Å². The summed E-state index contributed by atoms with van der Waals surface area (Å²) in [6.07, 6.45) is 0.707. The maximum Gasteiger partial charge on any atom is 0.243 e. The maximum atomic E-state index is 13.5. The molecular formula is C24H21BrCl2N2O3S.